The number of rotatable bonds is 3. The Morgan fingerprint density at radius 2 is 1.62 bits per heavy atom. The van der Waals surface area contributed by atoms with Crippen molar-refractivity contribution in [3.63, 3.8) is 0 Å². The van der Waals surface area contributed by atoms with Gasteiger partial charge in [0.1, 0.15) is 5.75 Å². The number of aryl methyl sites for hydroxylation is 2. The van der Waals surface area contributed by atoms with Crippen molar-refractivity contribution >= 4 is 5.97 Å². The lowest BCUT2D eigenvalue weighted by Gasteiger charge is -2.22. The van der Waals surface area contributed by atoms with E-state index in [-0.39, 0.29) is 11.1 Å². The van der Waals surface area contributed by atoms with E-state index in [2.05, 4.69) is 25.9 Å². The third-order valence-electron chi connectivity index (χ3n) is 4.20. The van der Waals surface area contributed by atoms with Gasteiger partial charge in [-0.15, -0.1) is 0 Å². The maximum absolute atomic E-state index is 12.5. The van der Waals surface area contributed by atoms with Gasteiger partial charge in [-0.2, -0.15) is 0 Å². The average molecular weight is 349 g/mol. The van der Waals surface area contributed by atoms with Gasteiger partial charge in [-0.25, -0.2) is 4.79 Å². The number of benzene rings is 2. The Labute approximate surface area is 153 Å². The van der Waals surface area contributed by atoms with Crippen molar-refractivity contribution in [1.82, 2.24) is 5.16 Å². The molecule has 0 saturated carbocycles. The lowest BCUT2D eigenvalue weighted by molar-refractivity contribution is 0.0721. The molecular formula is C22H23NO3. The van der Waals surface area contributed by atoms with Crippen molar-refractivity contribution in [3.8, 4) is 17.1 Å². The van der Waals surface area contributed by atoms with Crippen LogP contribution in [0.1, 0.15) is 48.0 Å². The van der Waals surface area contributed by atoms with Crippen LogP contribution in [0.3, 0.4) is 0 Å². The minimum atomic E-state index is -0.526. The molecular weight excluding hydrogens is 326 g/mol. The molecule has 0 N–H and O–H groups in total. The van der Waals surface area contributed by atoms with E-state index in [0.29, 0.717) is 11.5 Å². The summed E-state index contributed by atoms with van der Waals surface area (Å²) < 4.78 is 10.9. The van der Waals surface area contributed by atoms with Gasteiger partial charge >= 0.3 is 5.97 Å². The molecule has 0 unspecified atom stereocenters. The highest BCUT2D eigenvalue weighted by molar-refractivity contribution is 5.90. The molecule has 0 aliphatic carbocycles. The SMILES string of the molecule is Cc1ccc(-c2cc(C(=O)Oc3ccc(C)cc3C(C)(C)C)no2)cc1. The molecule has 1 heterocycles. The molecule has 0 radical (unpaired) electrons. The maximum Gasteiger partial charge on any atom is 0.365 e. The highest BCUT2D eigenvalue weighted by Crippen LogP contribution is 2.32. The zero-order valence-electron chi connectivity index (χ0n) is 15.8. The largest absolute Gasteiger partial charge is 0.421 e. The van der Waals surface area contributed by atoms with Crippen LogP contribution in [0.15, 0.2) is 53.1 Å². The first-order valence-corrected chi connectivity index (χ1v) is 8.61. The molecule has 0 amide bonds. The van der Waals surface area contributed by atoms with Crippen molar-refractivity contribution < 1.29 is 14.1 Å². The molecule has 0 fully saturated rings. The Balaban J connectivity index is 1.85. The maximum atomic E-state index is 12.5. The van der Waals surface area contributed by atoms with Gasteiger partial charge < -0.3 is 9.26 Å². The smallest absolute Gasteiger partial charge is 0.365 e. The van der Waals surface area contributed by atoms with Gasteiger partial charge in [0.15, 0.2) is 11.5 Å². The second-order valence-corrected chi connectivity index (χ2v) is 7.58. The minimum Gasteiger partial charge on any atom is -0.421 e. The van der Waals surface area contributed by atoms with Crippen molar-refractivity contribution in [1.29, 1.82) is 0 Å². The number of hydrogen-bond donors (Lipinski definition) is 0. The second-order valence-electron chi connectivity index (χ2n) is 7.58. The van der Waals surface area contributed by atoms with Crippen LogP contribution in [0.5, 0.6) is 5.75 Å². The van der Waals surface area contributed by atoms with Crippen LogP contribution < -0.4 is 4.74 Å². The van der Waals surface area contributed by atoms with Crippen molar-refractivity contribution in [3.05, 3.63) is 70.9 Å². The molecule has 0 saturated heterocycles. The quantitative estimate of drug-likeness (QED) is 0.464. The molecule has 4 heteroatoms. The Kier molecular flexibility index (Phi) is 4.68. The predicted molar refractivity (Wildman–Crippen MR) is 102 cm³/mol. The van der Waals surface area contributed by atoms with E-state index >= 15 is 0 Å². The third kappa shape index (κ3) is 3.85. The van der Waals surface area contributed by atoms with Crippen LogP contribution in [0.2, 0.25) is 0 Å². The fourth-order valence-corrected chi connectivity index (χ4v) is 2.70. The van der Waals surface area contributed by atoms with Crippen molar-refractivity contribution in [2.45, 2.75) is 40.0 Å². The summed E-state index contributed by atoms with van der Waals surface area (Å²) in [5.74, 6) is 0.561. The highest BCUT2D eigenvalue weighted by Gasteiger charge is 2.23. The summed E-state index contributed by atoms with van der Waals surface area (Å²) >= 11 is 0. The van der Waals surface area contributed by atoms with Crippen LogP contribution in [0.25, 0.3) is 11.3 Å². The summed E-state index contributed by atoms with van der Waals surface area (Å²) in [6.45, 7) is 10.3. The van der Waals surface area contributed by atoms with Gasteiger partial charge in [-0.3, -0.25) is 0 Å². The molecule has 134 valence electrons. The molecule has 0 aliphatic heterocycles. The molecule has 3 aromatic rings. The van der Waals surface area contributed by atoms with Crippen LogP contribution in [-0.4, -0.2) is 11.1 Å². The molecule has 0 bridgehead atoms. The normalized spacial score (nSPS) is 11.4. The van der Waals surface area contributed by atoms with Gasteiger partial charge in [-0.05, 0) is 25.3 Å². The lowest BCUT2D eigenvalue weighted by Crippen LogP contribution is -2.17. The van der Waals surface area contributed by atoms with Crippen molar-refractivity contribution in [2.75, 3.05) is 0 Å². The molecule has 4 nitrogen and oxygen atoms in total. The summed E-state index contributed by atoms with van der Waals surface area (Å²) in [6, 6.07) is 15.2. The molecule has 3 rings (SSSR count). The van der Waals surface area contributed by atoms with E-state index < -0.39 is 5.97 Å². The monoisotopic (exact) mass is 349 g/mol. The van der Waals surface area contributed by atoms with E-state index in [0.717, 1.165) is 22.3 Å². The number of carbonyl (C=O) groups excluding carboxylic acids is 1. The highest BCUT2D eigenvalue weighted by atomic mass is 16.5. The summed E-state index contributed by atoms with van der Waals surface area (Å²) in [6.07, 6.45) is 0. The summed E-state index contributed by atoms with van der Waals surface area (Å²) in [4.78, 5) is 12.5. The molecule has 0 aliphatic rings. The Bertz CT molecular complexity index is 931. The van der Waals surface area contributed by atoms with Gasteiger partial charge in [0.2, 0.25) is 0 Å². The van der Waals surface area contributed by atoms with Crippen molar-refractivity contribution in [2.24, 2.45) is 0 Å². The Hall–Kier alpha value is -2.88. The number of ether oxygens (including phenoxy) is 1. The van der Waals surface area contributed by atoms with Gasteiger partial charge in [0, 0.05) is 17.2 Å². The first-order chi connectivity index (χ1) is 12.2. The Morgan fingerprint density at radius 1 is 0.962 bits per heavy atom. The topological polar surface area (TPSA) is 52.3 Å². The van der Waals surface area contributed by atoms with E-state index in [1.165, 1.54) is 0 Å². The number of esters is 1. The number of carbonyl (C=O) groups is 1. The summed E-state index contributed by atoms with van der Waals surface area (Å²) in [5, 5.41) is 3.87. The minimum absolute atomic E-state index is 0.140. The average Bonchev–Trinajstić information content (AvgIpc) is 3.06. The van der Waals surface area contributed by atoms with E-state index in [9.17, 15) is 4.79 Å². The zero-order valence-corrected chi connectivity index (χ0v) is 15.8. The van der Waals surface area contributed by atoms with E-state index in [4.69, 9.17) is 9.26 Å². The molecule has 2 aromatic carbocycles. The van der Waals surface area contributed by atoms with Gasteiger partial charge in [0.05, 0.1) is 0 Å². The molecule has 0 spiro atoms. The summed E-state index contributed by atoms with van der Waals surface area (Å²) in [5.41, 5.74) is 4.14. The van der Waals surface area contributed by atoms with Crippen LogP contribution >= 0.6 is 0 Å². The standard InChI is InChI=1S/C22H23NO3/c1-14-6-9-16(10-7-14)20-13-18(23-26-20)21(24)25-19-11-8-15(2)12-17(19)22(3,4)5/h6-13H,1-5H3. The molecule has 26 heavy (non-hydrogen) atoms. The number of hydrogen-bond acceptors (Lipinski definition) is 4. The van der Waals surface area contributed by atoms with E-state index in [1.54, 1.807) is 6.07 Å². The second kappa shape index (κ2) is 6.79. The Morgan fingerprint density at radius 3 is 2.27 bits per heavy atom. The van der Waals surface area contributed by atoms with Gasteiger partial charge in [-0.1, -0.05) is 73.5 Å². The lowest BCUT2D eigenvalue weighted by atomic mass is 9.85. The number of nitrogens with zero attached hydrogens (tertiary/aromatic N) is 1. The van der Waals surface area contributed by atoms with Gasteiger partial charge in [0.25, 0.3) is 0 Å². The zero-order chi connectivity index (χ0) is 18.9. The van der Waals surface area contributed by atoms with Crippen LogP contribution in [0.4, 0.5) is 0 Å². The first kappa shape index (κ1) is 17.9. The third-order valence-corrected chi connectivity index (χ3v) is 4.20. The predicted octanol–water partition coefficient (Wildman–Crippen LogP) is 5.48. The summed E-state index contributed by atoms with van der Waals surface area (Å²) in [7, 11) is 0. The van der Waals surface area contributed by atoms with E-state index in [1.807, 2.05) is 56.3 Å². The van der Waals surface area contributed by atoms with Crippen LogP contribution in [-0.2, 0) is 5.41 Å². The molecule has 1 aromatic heterocycles. The molecule has 0 atom stereocenters. The fourth-order valence-electron chi connectivity index (χ4n) is 2.70. The van der Waals surface area contributed by atoms with Crippen LogP contribution in [0, 0.1) is 13.8 Å². The number of aromatic nitrogens is 1. The first-order valence-electron chi connectivity index (χ1n) is 8.61. The fraction of sp³-hybridized carbons (Fsp3) is 0.273.